The molecule has 5 nitrogen and oxygen atoms in total. The summed E-state index contributed by atoms with van der Waals surface area (Å²) in [6, 6.07) is 6.51. The van der Waals surface area contributed by atoms with Crippen molar-refractivity contribution in [1.29, 1.82) is 0 Å². The smallest absolute Gasteiger partial charge is 0.274 e. The lowest BCUT2D eigenvalue weighted by Crippen LogP contribution is -2.39. The van der Waals surface area contributed by atoms with E-state index in [9.17, 15) is 9.18 Å². The minimum Gasteiger partial charge on any atom is -0.330 e. The van der Waals surface area contributed by atoms with Gasteiger partial charge in [-0.3, -0.25) is 4.79 Å². The molecule has 0 saturated heterocycles. The second kappa shape index (κ2) is 5.66. The van der Waals surface area contributed by atoms with Crippen LogP contribution in [-0.4, -0.2) is 31.9 Å². The van der Waals surface area contributed by atoms with Crippen LogP contribution < -0.4 is 0 Å². The first-order valence-electron chi connectivity index (χ1n) is 7.64. The fourth-order valence-corrected chi connectivity index (χ4v) is 3.50. The lowest BCUT2D eigenvalue weighted by atomic mass is 9.93. The number of rotatable bonds is 1. The van der Waals surface area contributed by atoms with E-state index in [0.717, 1.165) is 10.0 Å². The Labute approximate surface area is 146 Å². The van der Waals surface area contributed by atoms with Crippen molar-refractivity contribution < 1.29 is 9.18 Å². The molecule has 0 radical (unpaired) electrons. The highest BCUT2D eigenvalue weighted by atomic mass is 79.9. The summed E-state index contributed by atoms with van der Waals surface area (Å²) in [6.07, 6.45) is 3.92. The summed E-state index contributed by atoms with van der Waals surface area (Å²) in [4.78, 5) is 18.8. The van der Waals surface area contributed by atoms with Gasteiger partial charge >= 0.3 is 0 Å². The first-order chi connectivity index (χ1) is 11.5. The molecule has 0 aliphatic carbocycles. The predicted octanol–water partition coefficient (Wildman–Crippen LogP) is 3.39. The molecule has 0 fully saturated rings. The number of halogens is 2. The van der Waals surface area contributed by atoms with E-state index in [1.54, 1.807) is 33.9 Å². The molecule has 3 heterocycles. The van der Waals surface area contributed by atoms with Crippen molar-refractivity contribution in [3.8, 4) is 0 Å². The largest absolute Gasteiger partial charge is 0.330 e. The van der Waals surface area contributed by atoms with Crippen LogP contribution in [0.2, 0.25) is 0 Å². The van der Waals surface area contributed by atoms with Crippen molar-refractivity contribution in [2.75, 3.05) is 6.54 Å². The Hall–Kier alpha value is -2.28. The molecule has 122 valence electrons. The zero-order chi connectivity index (χ0) is 16.8. The molecule has 1 aliphatic rings. The van der Waals surface area contributed by atoms with Crippen molar-refractivity contribution >= 4 is 27.5 Å². The lowest BCUT2D eigenvalue weighted by Gasteiger charge is -2.35. The van der Waals surface area contributed by atoms with E-state index in [-0.39, 0.29) is 17.8 Å². The van der Waals surface area contributed by atoms with E-state index in [4.69, 9.17) is 0 Å². The summed E-state index contributed by atoms with van der Waals surface area (Å²) in [5.41, 5.74) is 2.51. The predicted molar refractivity (Wildman–Crippen MR) is 90.2 cm³/mol. The Morgan fingerprint density at radius 1 is 1.42 bits per heavy atom. The number of hydrogen-bond donors (Lipinski definition) is 0. The third kappa shape index (κ3) is 2.39. The molecule has 1 atom stereocenters. The zero-order valence-electron chi connectivity index (χ0n) is 12.9. The SMILES string of the molecule is CC1c2cccc(F)c2CCN1C(=O)c1cc2ncc(Br)cn2n1. The second-order valence-electron chi connectivity index (χ2n) is 5.84. The number of aromatic nitrogens is 3. The summed E-state index contributed by atoms with van der Waals surface area (Å²) in [6.45, 7) is 2.39. The summed E-state index contributed by atoms with van der Waals surface area (Å²) < 4.78 is 16.3. The number of fused-ring (bicyclic) bond motifs is 2. The topological polar surface area (TPSA) is 50.5 Å². The van der Waals surface area contributed by atoms with Crippen LogP contribution in [0.1, 0.15) is 34.6 Å². The minimum absolute atomic E-state index is 0.168. The first kappa shape index (κ1) is 15.3. The maximum absolute atomic E-state index is 13.9. The van der Waals surface area contributed by atoms with Gasteiger partial charge in [0.1, 0.15) is 5.82 Å². The summed E-state index contributed by atoms with van der Waals surface area (Å²) >= 11 is 3.34. The van der Waals surface area contributed by atoms with Gasteiger partial charge in [-0.05, 0) is 46.5 Å². The monoisotopic (exact) mass is 388 g/mol. The zero-order valence-corrected chi connectivity index (χ0v) is 14.5. The van der Waals surface area contributed by atoms with Crippen LogP contribution in [0.5, 0.6) is 0 Å². The third-order valence-corrected chi connectivity index (χ3v) is 4.85. The van der Waals surface area contributed by atoms with E-state index >= 15 is 0 Å². The van der Waals surface area contributed by atoms with Gasteiger partial charge < -0.3 is 4.90 Å². The molecule has 0 N–H and O–H groups in total. The van der Waals surface area contributed by atoms with Crippen molar-refractivity contribution in [2.45, 2.75) is 19.4 Å². The molecule has 2 aromatic heterocycles. The number of benzene rings is 1. The average Bonchev–Trinajstić information content (AvgIpc) is 2.98. The second-order valence-corrected chi connectivity index (χ2v) is 6.75. The Bertz CT molecular complexity index is 955. The molecule has 3 aromatic rings. The van der Waals surface area contributed by atoms with Gasteiger partial charge in [-0.1, -0.05) is 12.1 Å². The molecule has 0 spiro atoms. The maximum Gasteiger partial charge on any atom is 0.274 e. The number of amides is 1. The van der Waals surface area contributed by atoms with Crippen LogP contribution in [0.15, 0.2) is 41.1 Å². The van der Waals surface area contributed by atoms with Gasteiger partial charge in [0.05, 0.1) is 10.5 Å². The third-order valence-electron chi connectivity index (χ3n) is 4.44. The fraction of sp³-hybridized carbons (Fsp3) is 0.235. The summed E-state index contributed by atoms with van der Waals surface area (Å²) in [5, 5.41) is 4.32. The van der Waals surface area contributed by atoms with Gasteiger partial charge in [-0.2, -0.15) is 5.10 Å². The van der Waals surface area contributed by atoms with E-state index in [0.29, 0.717) is 29.9 Å². The number of carbonyl (C=O) groups is 1. The molecule has 1 aromatic carbocycles. The maximum atomic E-state index is 13.9. The first-order valence-corrected chi connectivity index (χ1v) is 8.43. The molecule has 0 saturated carbocycles. The van der Waals surface area contributed by atoms with Crippen molar-refractivity contribution in [1.82, 2.24) is 19.5 Å². The molecule has 7 heteroatoms. The fourth-order valence-electron chi connectivity index (χ4n) is 3.21. The van der Waals surface area contributed by atoms with Crippen molar-refractivity contribution in [2.24, 2.45) is 0 Å². The molecule has 1 unspecified atom stereocenters. The van der Waals surface area contributed by atoms with Crippen LogP contribution in [0.4, 0.5) is 4.39 Å². The Morgan fingerprint density at radius 3 is 3.08 bits per heavy atom. The van der Waals surface area contributed by atoms with Gasteiger partial charge in [-0.25, -0.2) is 13.9 Å². The summed E-state index contributed by atoms with van der Waals surface area (Å²) in [5.74, 6) is -0.368. The molecule has 0 bridgehead atoms. The summed E-state index contributed by atoms with van der Waals surface area (Å²) in [7, 11) is 0. The number of nitrogens with zero attached hydrogens (tertiary/aromatic N) is 4. The van der Waals surface area contributed by atoms with E-state index in [1.165, 1.54) is 6.07 Å². The molecular formula is C17H14BrFN4O. The van der Waals surface area contributed by atoms with Gasteiger partial charge in [0, 0.05) is 25.0 Å². The van der Waals surface area contributed by atoms with Crippen molar-refractivity contribution in [3.63, 3.8) is 0 Å². The van der Waals surface area contributed by atoms with E-state index in [1.807, 2.05) is 13.0 Å². The van der Waals surface area contributed by atoms with Crippen LogP contribution in [-0.2, 0) is 6.42 Å². The number of hydrogen-bond acceptors (Lipinski definition) is 3. The van der Waals surface area contributed by atoms with Gasteiger partial charge in [0.2, 0.25) is 0 Å². The van der Waals surface area contributed by atoms with E-state index < -0.39 is 0 Å². The van der Waals surface area contributed by atoms with Crippen LogP contribution >= 0.6 is 15.9 Å². The van der Waals surface area contributed by atoms with Gasteiger partial charge in [0.15, 0.2) is 11.3 Å². The van der Waals surface area contributed by atoms with Crippen LogP contribution in [0.3, 0.4) is 0 Å². The quantitative estimate of drug-likeness (QED) is 0.641. The molecule has 4 rings (SSSR count). The average molecular weight is 389 g/mol. The standard InChI is InChI=1S/C17H14BrFN4O/c1-10-12-3-2-4-14(19)13(12)5-6-22(10)17(24)15-7-16-20-8-11(18)9-23(16)21-15/h2-4,7-10H,5-6H2,1H3. The van der Waals surface area contributed by atoms with Crippen LogP contribution in [0, 0.1) is 5.82 Å². The molecular weight excluding hydrogens is 375 g/mol. The lowest BCUT2D eigenvalue weighted by molar-refractivity contribution is 0.0669. The molecule has 24 heavy (non-hydrogen) atoms. The highest BCUT2D eigenvalue weighted by Gasteiger charge is 2.30. The van der Waals surface area contributed by atoms with Gasteiger partial charge in [0.25, 0.3) is 5.91 Å². The van der Waals surface area contributed by atoms with Crippen molar-refractivity contribution in [3.05, 3.63) is 63.8 Å². The molecule has 1 aliphatic heterocycles. The van der Waals surface area contributed by atoms with Gasteiger partial charge in [-0.15, -0.1) is 0 Å². The number of carbonyl (C=O) groups excluding carboxylic acids is 1. The molecule has 1 amide bonds. The minimum atomic E-state index is -0.201. The van der Waals surface area contributed by atoms with E-state index in [2.05, 4.69) is 26.0 Å². The Kier molecular flexibility index (Phi) is 3.60. The Balaban J connectivity index is 1.69. The Morgan fingerprint density at radius 2 is 2.25 bits per heavy atom. The van der Waals surface area contributed by atoms with Crippen LogP contribution in [0.25, 0.3) is 5.65 Å². The highest BCUT2D eigenvalue weighted by molar-refractivity contribution is 9.10. The normalized spacial score (nSPS) is 17.1. The highest BCUT2D eigenvalue weighted by Crippen LogP contribution is 2.31.